The molecule has 0 aliphatic carbocycles. The molecule has 0 spiro atoms. The van der Waals surface area contributed by atoms with Gasteiger partial charge in [-0.25, -0.2) is 13.8 Å². The number of benzene rings is 2. The number of hydrogen-bond donors (Lipinski definition) is 1. The number of phenolic OH excluding ortho intramolecular Hbond substituents is 1. The highest BCUT2D eigenvalue weighted by Crippen LogP contribution is 2.46. The van der Waals surface area contributed by atoms with Crippen LogP contribution in [0.25, 0.3) is 22.0 Å². The molecule has 1 aliphatic heterocycles. The van der Waals surface area contributed by atoms with Gasteiger partial charge in [0.25, 0.3) is 0 Å². The Bertz CT molecular complexity index is 1420. The molecule has 196 valence electrons. The topological polar surface area (TPSA) is 89.9 Å². The summed E-state index contributed by atoms with van der Waals surface area (Å²) >= 11 is 6.47. The normalized spacial score (nSPS) is 14.2. The molecule has 8 nitrogen and oxygen atoms in total. The zero-order valence-corrected chi connectivity index (χ0v) is 22.4. The SMILES string of the molecule is C=CC(=O)N1CCN(c2nc(N(CC)P(C)(C)=O)nc3c(F)c(-c4c(O)cccc4F)c(Cl)cc23)CC1. The third kappa shape index (κ3) is 5.00. The lowest BCUT2D eigenvalue weighted by Gasteiger charge is -2.36. The van der Waals surface area contributed by atoms with Crippen molar-refractivity contribution >= 4 is 47.5 Å². The number of carbonyl (C=O) groups is 1. The minimum atomic E-state index is -2.90. The third-order valence-electron chi connectivity index (χ3n) is 6.27. The first-order chi connectivity index (χ1) is 17.5. The van der Waals surface area contributed by atoms with E-state index in [1.165, 1.54) is 28.9 Å². The second-order valence-corrected chi connectivity index (χ2v) is 12.4. The second kappa shape index (κ2) is 10.3. The van der Waals surface area contributed by atoms with Crippen LogP contribution in [-0.4, -0.2) is 71.9 Å². The minimum absolute atomic E-state index is 0.0489. The number of nitrogens with zero attached hydrogens (tertiary/aromatic N) is 5. The average molecular weight is 550 g/mol. The van der Waals surface area contributed by atoms with Gasteiger partial charge in [-0.1, -0.05) is 24.2 Å². The van der Waals surface area contributed by atoms with Crippen molar-refractivity contribution < 1.29 is 23.2 Å². The molecule has 1 amide bonds. The summed E-state index contributed by atoms with van der Waals surface area (Å²) in [5.74, 6) is -2.05. The Morgan fingerprint density at radius 3 is 2.46 bits per heavy atom. The summed E-state index contributed by atoms with van der Waals surface area (Å²) in [6.45, 7) is 10.3. The highest BCUT2D eigenvalue weighted by atomic mass is 35.5. The molecular formula is C25H27ClF2N5O3P. The maximum Gasteiger partial charge on any atom is 0.246 e. The molecule has 0 bridgehead atoms. The number of halogens is 3. The Hall–Kier alpha value is -3.23. The summed E-state index contributed by atoms with van der Waals surface area (Å²) in [6.07, 6.45) is 1.25. The first kappa shape index (κ1) is 26.8. The third-order valence-corrected chi connectivity index (χ3v) is 8.19. The number of hydrogen-bond acceptors (Lipinski definition) is 6. The van der Waals surface area contributed by atoms with Crippen molar-refractivity contribution in [3.8, 4) is 16.9 Å². The highest BCUT2D eigenvalue weighted by Gasteiger charge is 2.29. The summed E-state index contributed by atoms with van der Waals surface area (Å²) in [5, 5.41) is 10.4. The van der Waals surface area contributed by atoms with Gasteiger partial charge in [0.2, 0.25) is 11.9 Å². The molecule has 1 saturated heterocycles. The van der Waals surface area contributed by atoms with E-state index in [0.29, 0.717) is 38.5 Å². The van der Waals surface area contributed by atoms with Crippen LogP contribution in [0, 0.1) is 11.6 Å². The molecule has 2 aromatic carbocycles. The largest absolute Gasteiger partial charge is 0.507 e. The zero-order chi connectivity index (χ0) is 27.1. The van der Waals surface area contributed by atoms with Crippen LogP contribution < -0.4 is 9.57 Å². The molecule has 1 aromatic heterocycles. The van der Waals surface area contributed by atoms with Crippen LogP contribution in [0.5, 0.6) is 5.75 Å². The number of rotatable bonds is 6. The smallest absolute Gasteiger partial charge is 0.246 e. The number of carbonyl (C=O) groups excluding carboxylic acids is 1. The van der Waals surface area contributed by atoms with Gasteiger partial charge < -0.3 is 19.5 Å². The van der Waals surface area contributed by atoms with Crippen LogP contribution in [0.4, 0.5) is 20.5 Å². The summed E-state index contributed by atoms with van der Waals surface area (Å²) in [7, 11) is -2.90. The maximum atomic E-state index is 16.2. The molecule has 0 unspecified atom stereocenters. The quantitative estimate of drug-likeness (QED) is 0.337. The van der Waals surface area contributed by atoms with E-state index >= 15 is 4.39 Å². The van der Waals surface area contributed by atoms with Crippen molar-refractivity contribution in [3.63, 3.8) is 0 Å². The van der Waals surface area contributed by atoms with Gasteiger partial charge >= 0.3 is 0 Å². The van der Waals surface area contributed by atoms with Gasteiger partial charge in [-0.2, -0.15) is 4.98 Å². The van der Waals surface area contributed by atoms with Crippen molar-refractivity contribution in [2.24, 2.45) is 0 Å². The molecule has 0 saturated carbocycles. The van der Waals surface area contributed by atoms with Crippen molar-refractivity contribution in [1.82, 2.24) is 14.9 Å². The van der Waals surface area contributed by atoms with Gasteiger partial charge in [0.05, 0.1) is 10.6 Å². The molecular weight excluding hydrogens is 523 g/mol. The standard InChI is InChI=1S/C25H27ClF2N5O3P/c1-5-19(35)31-10-12-32(13-11-31)24-15-14-16(26)20(21-17(27)8-7-9-18(21)34)22(28)23(15)29-25(30-24)33(6-2)37(3,4)36/h5,7-9,14,34H,1,6,10-13H2,2-4H3. The number of piperazine rings is 1. The van der Waals surface area contributed by atoms with Crippen LogP contribution >= 0.6 is 18.9 Å². The highest BCUT2D eigenvalue weighted by molar-refractivity contribution is 7.64. The van der Waals surface area contributed by atoms with Gasteiger partial charge in [0, 0.05) is 57.0 Å². The fourth-order valence-corrected chi connectivity index (χ4v) is 5.97. The van der Waals surface area contributed by atoms with Crippen molar-refractivity contribution in [3.05, 3.63) is 53.6 Å². The Balaban J connectivity index is 1.96. The van der Waals surface area contributed by atoms with Gasteiger partial charge in [-0.05, 0) is 31.2 Å². The van der Waals surface area contributed by atoms with Crippen LogP contribution in [0.15, 0.2) is 36.9 Å². The molecule has 3 aromatic rings. The predicted molar refractivity (Wildman–Crippen MR) is 143 cm³/mol. The number of amides is 1. The maximum absolute atomic E-state index is 16.2. The number of fused-ring (bicyclic) bond motifs is 1. The summed E-state index contributed by atoms with van der Waals surface area (Å²) < 4.78 is 45.4. The van der Waals surface area contributed by atoms with Gasteiger partial charge in [0.15, 0.2) is 13.1 Å². The monoisotopic (exact) mass is 549 g/mol. The molecule has 1 aliphatic rings. The fourth-order valence-electron chi connectivity index (χ4n) is 4.48. The predicted octanol–water partition coefficient (Wildman–Crippen LogP) is 5.13. The Morgan fingerprint density at radius 2 is 1.89 bits per heavy atom. The van der Waals surface area contributed by atoms with Gasteiger partial charge in [0.1, 0.15) is 22.9 Å². The lowest BCUT2D eigenvalue weighted by Crippen LogP contribution is -2.48. The molecule has 12 heteroatoms. The van der Waals surface area contributed by atoms with Crippen LogP contribution in [0.3, 0.4) is 0 Å². The van der Waals surface area contributed by atoms with Gasteiger partial charge in [-0.3, -0.25) is 9.46 Å². The Morgan fingerprint density at radius 1 is 1.22 bits per heavy atom. The molecule has 0 atom stereocenters. The van der Waals surface area contributed by atoms with E-state index in [2.05, 4.69) is 16.5 Å². The molecule has 1 fully saturated rings. The van der Waals surface area contributed by atoms with Crippen LogP contribution in [-0.2, 0) is 9.36 Å². The molecule has 37 heavy (non-hydrogen) atoms. The van der Waals surface area contributed by atoms with Crippen molar-refractivity contribution in [2.75, 3.05) is 55.6 Å². The number of aromatic hydroxyl groups is 1. The van der Waals surface area contributed by atoms with E-state index in [1.54, 1.807) is 25.2 Å². The van der Waals surface area contributed by atoms with E-state index < -0.39 is 24.7 Å². The Kier molecular flexibility index (Phi) is 7.44. The number of aromatic nitrogens is 2. The number of phenols is 1. The average Bonchev–Trinajstić information content (AvgIpc) is 2.85. The summed E-state index contributed by atoms with van der Waals surface area (Å²) in [6, 6.07) is 5.08. The summed E-state index contributed by atoms with van der Waals surface area (Å²) in [4.78, 5) is 24.6. The fraction of sp³-hybridized carbons (Fsp3) is 0.320. The zero-order valence-electron chi connectivity index (χ0n) is 20.7. The number of anilines is 2. The molecule has 2 heterocycles. The van der Waals surface area contributed by atoms with E-state index in [9.17, 15) is 18.9 Å². The van der Waals surface area contributed by atoms with Crippen molar-refractivity contribution in [2.45, 2.75) is 6.92 Å². The lowest BCUT2D eigenvalue weighted by molar-refractivity contribution is -0.126. The molecule has 4 rings (SSSR count). The van der Waals surface area contributed by atoms with E-state index in [0.717, 1.165) is 6.07 Å². The second-order valence-electron chi connectivity index (χ2n) is 8.95. The minimum Gasteiger partial charge on any atom is -0.507 e. The van der Waals surface area contributed by atoms with E-state index in [-0.39, 0.29) is 38.9 Å². The van der Waals surface area contributed by atoms with Crippen LogP contribution in [0.1, 0.15) is 6.92 Å². The lowest BCUT2D eigenvalue weighted by atomic mass is 10.0. The Labute approximate surface area is 218 Å². The van der Waals surface area contributed by atoms with Crippen molar-refractivity contribution in [1.29, 1.82) is 0 Å². The first-order valence-electron chi connectivity index (χ1n) is 11.6. The first-order valence-corrected chi connectivity index (χ1v) is 14.6. The van der Waals surface area contributed by atoms with E-state index in [4.69, 9.17) is 11.6 Å². The molecule has 1 N–H and O–H groups in total. The van der Waals surface area contributed by atoms with E-state index in [1.807, 2.05) is 4.90 Å². The molecule has 0 radical (unpaired) electrons. The summed E-state index contributed by atoms with van der Waals surface area (Å²) in [5.41, 5.74) is -0.867. The van der Waals surface area contributed by atoms with Gasteiger partial charge in [-0.15, -0.1) is 0 Å². The van der Waals surface area contributed by atoms with Crippen LogP contribution in [0.2, 0.25) is 5.02 Å².